The molecule has 0 aliphatic rings. The summed E-state index contributed by atoms with van der Waals surface area (Å²) in [5.74, 6) is 5.12. The fraction of sp³-hybridized carbons (Fsp3) is 0.263. The van der Waals surface area contributed by atoms with Crippen molar-refractivity contribution in [3.63, 3.8) is 0 Å². The number of hydrogen-bond donors (Lipinski definition) is 2. The standard InChI is InChI=1S/C19H22N4O2/c1-4-11-21-19(20-5-2)23-14-15-9-10-18(22-13-15)25-17-8-6-7-16(12-17)24-3/h1,6-10,12-13H,5,11,14H2,2-3H3,(H2,20,21,23). The van der Waals surface area contributed by atoms with Gasteiger partial charge in [-0.2, -0.15) is 0 Å². The molecule has 0 fully saturated rings. The van der Waals surface area contributed by atoms with Crippen LogP contribution in [-0.2, 0) is 6.54 Å². The number of nitrogens with zero attached hydrogens (tertiary/aromatic N) is 2. The van der Waals surface area contributed by atoms with Crippen molar-refractivity contribution < 1.29 is 9.47 Å². The van der Waals surface area contributed by atoms with Crippen molar-refractivity contribution in [2.24, 2.45) is 4.99 Å². The molecule has 0 unspecified atom stereocenters. The normalized spacial score (nSPS) is 10.7. The van der Waals surface area contributed by atoms with E-state index in [1.54, 1.807) is 19.4 Å². The number of ether oxygens (including phenoxy) is 2. The molecule has 1 aromatic carbocycles. The number of rotatable bonds is 7. The first kappa shape index (κ1) is 18.1. The Balaban J connectivity index is 1.97. The van der Waals surface area contributed by atoms with Crippen molar-refractivity contribution in [3.05, 3.63) is 48.2 Å². The second-order valence-corrected chi connectivity index (χ2v) is 5.04. The van der Waals surface area contributed by atoms with Crippen molar-refractivity contribution in [1.82, 2.24) is 15.6 Å². The highest BCUT2D eigenvalue weighted by Crippen LogP contribution is 2.23. The first-order valence-electron chi connectivity index (χ1n) is 7.97. The van der Waals surface area contributed by atoms with E-state index in [0.717, 1.165) is 17.9 Å². The molecule has 25 heavy (non-hydrogen) atoms. The van der Waals surface area contributed by atoms with Crippen LogP contribution in [0.5, 0.6) is 17.4 Å². The summed E-state index contributed by atoms with van der Waals surface area (Å²) in [6.45, 7) is 3.69. The van der Waals surface area contributed by atoms with Gasteiger partial charge in [0.25, 0.3) is 0 Å². The van der Waals surface area contributed by atoms with E-state index in [-0.39, 0.29) is 0 Å². The quantitative estimate of drug-likeness (QED) is 0.461. The molecule has 2 rings (SSSR count). The van der Waals surface area contributed by atoms with Gasteiger partial charge in [0.1, 0.15) is 11.5 Å². The Morgan fingerprint density at radius 1 is 1.24 bits per heavy atom. The highest BCUT2D eigenvalue weighted by Gasteiger charge is 2.02. The second kappa shape index (κ2) is 9.83. The molecule has 0 spiro atoms. The first-order chi connectivity index (χ1) is 12.2. The number of methoxy groups -OCH3 is 1. The van der Waals surface area contributed by atoms with Crippen molar-refractivity contribution in [3.8, 4) is 29.7 Å². The molecule has 0 bridgehead atoms. The van der Waals surface area contributed by atoms with Crippen LogP contribution in [0, 0.1) is 12.3 Å². The maximum atomic E-state index is 5.72. The predicted octanol–water partition coefficient (Wildman–Crippen LogP) is 2.57. The van der Waals surface area contributed by atoms with Gasteiger partial charge in [-0.25, -0.2) is 9.98 Å². The summed E-state index contributed by atoms with van der Waals surface area (Å²) in [6.07, 6.45) is 6.99. The van der Waals surface area contributed by atoms with E-state index in [1.807, 2.05) is 37.3 Å². The van der Waals surface area contributed by atoms with Gasteiger partial charge in [0.05, 0.1) is 20.2 Å². The van der Waals surface area contributed by atoms with Gasteiger partial charge >= 0.3 is 0 Å². The van der Waals surface area contributed by atoms with Crippen LogP contribution in [0.1, 0.15) is 12.5 Å². The second-order valence-electron chi connectivity index (χ2n) is 5.04. The summed E-state index contributed by atoms with van der Waals surface area (Å²) >= 11 is 0. The molecule has 0 radical (unpaired) electrons. The fourth-order valence-corrected chi connectivity index (χ4v) is 2.00. The van der Waals surface area contributed by atoms with Gasteiger partial charge in [-0.15, -0.1) is 6.42 Å². The molecule has 0 saturated heterocycles. The Morgan fingerprint density at radius 3 is 2.76 bits per heavy atom. The Hall–Kier alpha value is -3.20. The number of pyridine rings is 1. The lowest BCUT2D eigenvalue weighted by Crippen LogP contribution is -2.37. The summed E-state index contributed by atoms with van der Waals surface area (Å²) < 4.78 is 10.9. The van der Waals surface area contributed by atoms with E-state index in [0.29, 0.717) is 30.7 Å². The van der Waals surface area contributed by atoms with E-state index >= 15 is 0 Å². The maximum absolute atomic E-state index is 5.72. The number of hydrogen-bond acceptors (Lipinski definition) is 4. The van der Waals surface area contributed by atoms with Gasteiger partial charge in [-0.1, -0.05) is 18.1 Å². The van der Waals surface area contributed by atoms with Crippen LogP contribution >= 0.6 is 0 Å². The van der Waals surface area contributed by atoms with E-state index < -0.39 is 0 Å². The third kappa shape index (κ3) is 6.07. The number of aromatic nitrogens is 1. The number of terminal acetylenes is 1. The van der Waals surface area contributed by atoms with Crippen LogP contribution in [0.2, 0.25) is 0 Å². The molecular formula is C19H22N4O2. The molecule has 1 aromatic heterocycles. The molecule has 6 nitrogen and oxygen atoms in total. The molecule has 2 aromatic rings. The molecule has 6 heteroatoms. The monoisotopic (exact) mass is 338 g/mol. The number of nitrogens with one attached hydrogen (secondary N) is 2. The molecule has 0 aliphatic carbocycles. The highest BCUT2D eigenvalue weighted by atomic mass is 16.5. The minimum absolute atomic E-state index is 0.428. The van der Waals surface area contributed by atoms with E-state index in [9.17, 15) is 0 Å². The molecule has 130 valence electrons. The third-order valence-corrected chi connectivity index (χ3v) is 3.18. The third-order valence-electron chi connectivity index (χ3n) is 3.18. The number of guanidine groups is 1. The summed E-state index contributed by atoms with van der Waals surface area (Å²) in [7, 11) is 1.62. The van der Waals surface area contributed by atoms with Gasteiger partial charge in [0, 0.05) is 24.9 Å². The number of benzene rings is 1. The minimum Gasteiger partial charge on any atom is -0.497 e. The Morgan fingerprint density at radius 2 is 2.08 bits per heavy atom. The Bertz CT molecular complexity index is 736. The van der Waals surface area contributed by atoms with Crippen LogP contribution in [0.15, 0.2) is 47.6 Å². The average Bonchev–Trinajstić information content (AvgIpc) is 2.65. The van der Waals surface area contributed by atoms with Crippen LogP contribution in [0.25, 0.3) is 0 Å². The van der Waals surface area contributed by atoms with Crippen molar-refractivity contribution in [1.29, 1.82) is 0 Å². The molecule has 0 aliphatic heterocycles. The van der Waals surface area contributed by atoms with Crippen molar-refractivity contribution in [2.45, 2.75) is 13.5 Å². The summed E-state index contributed by atoms with van der Waals surface area (Å²) in [5, 5.41) is 6.17. The lowest BCUT2D eigenvalue weighted by molar-refractivity contribution is 0.407. The van der Waals surface area contributed by atoms with Crippen LogP contribution in [0.3, 0.4) is 0 Å². The lowest BCUT2D eigenvalue weighted by Gasteiger charge is -2.09. The van der Waals surface area contributed by atoms with Crippen LogP contribution < -0.4 is 20.1 Å². The summed E-state index contributed by atoms with van der Waals surface area (Å²) in [4.78, 5) is 8.77. The Kier molecular flexibility index (Phi) is 7.13. The first-order valence-corrected chi connectivity index (χ1v) is 7.97. The van der Waals surface area contributed by atoms with Crippen LogP contribution in [0.4, 0.5) is 0 Å². The fourth-order valence-electron chi connectivity index (χ4n) is 2.00. The molecule has 1 heterocycles. The van der Waals surface area contributed by atoms with Crippen molar-refractivity contribution >= 4 is 5.96 Å². The zero-order valence-electron chi connectivity index (χ0n) is 14.5. The van der Waals surface area contributed by atoms with E-state index in [1.165, 1.54) is 0 Å². The lowest BCUT2D eigenvalue weighted by atomic mass is 10.3. The van der Waals surface area contributed by atoms with Crippen molar-refractivity contribution in [2.75, 3.05) is 20.2 Å². The van der Waals surface area contributed by atoms with Crippen LogP contribution in [-0.4, -0.2) is 31.1 Å². The number of aliphatic imine (C=N–C) groups is 1. The van der Waals surface area contributed by atoms with Gasteiger partial charge in [0.2, 0.25) is 5.88 Å². The van der Waals surface area contributed by atoms with E-state index in [2.05, 4.69) is 26.5 Å². The molecule has 0 saturated carbocycles. The molecule has 0 amide bonds. The highest BCUT2D eigenvalue weighted by molar-refractivity contribution is 5.79. The van der Waals surface area contributed by atoms with Gasteiger partial charge in [0.15, 0.2) is 5.96 Å². The SMILES string of the molecule is C#CCNC(=NCc1ccc(Oc2cccc(OC)c2)nc1)NCC. The summed E-state index contributed by atoms with van der Waals surface area (Å²) in [5.41, 5.74) is 0.968. The molecule has 0 atom stereocenters. The smallest absolute Gasteiger partial charge is 0.219 e. The summed E-state index contributed by atoms with van der Waals surface area (Å²) in [6, 6.07) is 11.1. The van der Waals surface area contributed by atoms with E-state index in [4.69, 9.17) is 15.9 Å². The van der Waals surface area contributed by atoms with Gasteiger partial charge in [-0.05, 0) is 24.6 Å². The largest absolute Gasteiger partial charge is 0.497 e. The molecular weight excluding hydrogens is 316 g/mol. The maximum Gasteiger partial charge on any atom is 0.219 e. The topological polar surface area (TPSA) is 67.8 Å². The van der Waals surface area contributed by atoms with Gasteiger partial charge in [-0.3, -0.25) is 0 Å². The predicted molar refractivity (Wildman–Crippen MR) is 99.0 cm³/mol. The Labute approximate surface area is 148 Å². The zero-order valence-corrected chi connectivity index (χ0v) is 14.5. The average molecular weight is 338 g/mol. The minimum atomic E-state index is 0.428. The van der Waals surface area contributed by atoms with Gasteiger partial charge < -0.3 is 20.1 Å². The molecule has 2 N–H and O–H groups in total. The zero-order chi connectivity index (χ0) is 17.9.